The molecular formula is C20H29F3. The molecule has 2 atom stereocenters. The van der Waals surface area contributed by atoms with Crippen molar-refractivity contribution < 1.29 is 13.2 Å². The normalized spacial score (nSPS) is 24.4. The van der Waals surface area contributed by atoms with Crippen molar-refractivity contribution in [2.75, 3.05) is 0 Å². The van der Waals surface area contributed by atoms with Crippen LogP contribution in [0.2, 0.25) is 0 Å². The molecular weight excluding hydrogens is 297 g/mol. The minimum Gasteiger partial charge on any atom is -0.204 e. The van der Waals surface area contributed by atoms with Gasteiger partial charge in [-0.1, -0.05) is 40.0 Å². The van der Waals surface area contributed by atoms with Gasteiger partial charge >= 0.3 is 0 Å². The summed E-state index contributed by atoms with van der Waals surface area (Å²) in [5, 5.41) is 0. The fraction of sp³-hybridized carbons (Fsp3) is 0.700. The molecule has 0 nitrogen and oxygen atoms in total. The van der Waals surface area contributed by atoms with E-state index in [2.05, 4.69) is 20.8 Å². The molecule has 130 valence electrons. The van der Waals surface area contributed by atoms with Crippen molar-refractivity contribution in [2.24, 2.45) is 17.8 Å². The number of halogens is 3. The summed E-state index contributed by atoms with van der Waals surface area (Å²) in [6.07, 6.45) is 7.89. The van der Waals surface area contributed by atoms with Gasteiger partial charge in [-0.05, 0) is 67.1 Å². The van der Waals surface area contributed by atoms with E-state index in [-0.39, 0.29) is 5.92 Å². The highest BCUT2D eigenvalue weighted by Crippen LogP contribution is 2.40. The van der Waals surface area contributed by atoms with E-state index < -0.39 is 17.5 Å². The second kappa shape index (κ2) is 8.21. The van der Waals surface area contributed by atoms with E-state index >= 15 is 0 Å². The van der Waals surface area contributed by atoms with E-state index in [1.54, 1.807) is 0 Å². The predicted molar refractivity (Wildman–Crippen MR) is 88.9 cm³/mol. The van der Waals surface area contributed by atoms with Crippen LogP contribution in [-0.4, -0.2) is 0 Å². The summed E-state index contributed by atoms with van der Waals surface area (Å²) in [5.41, 5.74) is 0.618. The molecule has 1 aliphatic rings. The summed E-state index contributed by atoms with van der Waals surface area (Å²) < 4.78 is 39.9. The molecule has 0 N–H and O–H groups in total. The average molecular weight is 326 g/mol. The van der Waals surface area contributed by atoms with Crippen molar-refractivity contribution in [3.05, 3.63) is 35.1 Å². The van der Waals surface area contributed by atoms with Crippen LogP contribution in [0, 0.1) is 35.2 Å². The first kappa shape index (κ1) is 18.4. The van der Waals surface area contributed by atoms with E-state index in [1.807, 2.05) is 0 Å². The fourth-order valence-corrected chi connectivity index (χ4v) is 3.82. The summed E-state index contributed by atoms with van der Waals surface area (Å²) in [6.45, 7) is 6.88. The lowest BCUT2D eigenvalue weighted by Crippen LogP contribution is -2.20. The van der Waals surface area contributed by atoms with Crippen LogP contribution in [0.1, 0.15) is 77.2 Å². The van der Waals surface area contributed by atoms with Crippen LogP contribution in [0.25, 0.3) is 0 Å². The maximum atomic E-state index is 13.4. The molecule has 1 saturated carbocycles. The van der Waals surface area contributed by atoms with Crippen molar-refractivity contribution >= 4 is 0 Å². The summed E-state index contributed by atoms with van der Waals surface area (Å²) in [7, 11) is 0. The lowest BCUT2D eigenvalue weighted by Gasteiger charge is -2.33. The molecule has 2 unspecified atom stereocenters. The fourth-order valence-electron chi connectivity index (χ4n) is 3.82. The maximum Gasteiger partial charge on any atom is 0.194 e. The molecule has 0 saturated heterocycles. The molecule has 23 heavy (non-hydrogen) atoms. The van der Waals surface area contributed by atoms with Gasteiger partial charge in [0.15, 0.2) is 17.5 Å². The smallest absolute Gasteiger partial charge is 0.194 e. The van der Waals surface area contributed by atoms with E-state index in [4.69, 9.17) is 0 Å². The van der Waals surface area contributed by atoms with Gasteiger partial charge in [-0.3, -0.25) is 0 Å². The maximum absolute atomic E-state index is 13.4. The molecule has 1 aliphatic carbocycles. The molecule has 0 aliphatic heterocycles. The first-order valence-corrected chi connectivity index (χ1v) is 9.06. The van der Waals surface area contributed by atoms with Gasteiger partial charge in [0.05, 0.1) is 0 Å². The lowest BCUT2D eigenvalue weighted by atomic mass is 9.73. The van der Waals surface area contributed by atoms with Gasteiger partial charge in [0, 0.05) is 0 Å². The largest absolute Gasteiger partial charge is 0.204 e. The van der Waals surface area contributed by atoms with Crippen molar-refractivity contribution in [1.29, 1.82) is 0 Å². The van der Waals surface area contributed by atoms with Crippen LogP contribution >= 0.6 is 0 Å². The van der Waals surface area contributed by atoms with Gasteiger partial charge in [-0.25, -0.2) is 13.2 Å². The zero-order valence-electron chi connectivity index (χ0n) is 14.5. The standard InChI is InChI=1S/C20H29F3/c1-4-13(2)5-6-14(3)15-7-9-16(10-8-15)17-11-18(21)20(23)19(22)12-17/h11-16H,4-10H2,1-3H3. The molecule has 3 heteroatoms. The van der Waals surface area contributed by atoms with E-state index in [9.17, 15) is 13.2 Å². The zero-order chi connectivity index (χ0) is 17.0. The first-order chi connectivity index (χ1) is 10.9. The minimum atomic E-state index is -1.36. The van der Waals surface area contributed by atoms with Crippen molar-refractivity contribution in [1.82, 2.24) is 0 Å². The van der Waals surface area contributed by atoms with Crippen LogP contribution < -0.4 is 0 Å². The Morgan fingerprint density at radius 3 is 2.04 bits per heavy atom. The summed E-state index contributed by atoms with van der Waals surface area (Å²) in [5.74, 6) is -1.11. The van der Waals surface area contributed by atoms with Gasteiger partial charge in [0.2, 0.25) is 0 Å². The average Bonchev–Trinajstić information content (AvgIpc) is 2.56. The Balaban J connectivity index is 1.88. The zero-order valence-corrected chi connectivity index (χ0v) is 14.5. The molecule has 1 fully saturated rings. The Kier molecular flexibility index (Phi) is 6.55. The summed E-state index contributed by atoms with van der Waals surface area (Å²) in [6, 6.07) is 2.35. The molecule has 0 amide bonds. The highest BCUT2D eigenvalue weighted by molar-refractivity contribution is 5.23. The predicted octanol–water partition coefficient (Wildman–Crippen LogP) is 6.84. The third-order valence-electron chi connectivity index (χ3n) is 5.87. The monoisotopic (exact) mass is 326 g/mol. The van der Waals surface area contributed by atoms with Crippen LogP contribution in [0.4, 0.5) is 13.2 Å². The molecule has 0 heterocycles. The molecule has 0 bridgehead atoms. The number of hydrogen-bond acceptors (Lipinski definition) is 0. The third kappa shape index (κ3) is 4.74. The summed E-state index contributed by atoms with van der Waals surface area (Å²) in [4.78, 5) is 0. The van der Waals surface area contributed by atoms with Crippen LogP contribution in [0.3, 0.4) is 0 Å². The first-order valence-electron chi connectivity index (χ1n) is 9.06. The van der Waals surface area contributed by atoms with Crippen molar-refractivity contribution in [2.45, 2.75) is 71.6 Å². The second-order valence-electron chi connectivity index (χ2n) is 7.48. The van der Waals surface area contributed by atoms with Gasteiger partial charge < -0.3 is 0 Å². The third-order valence-corrected chi connectivity index (χ3v) is 5.87. The lowest BCUT2D eigenvalue weighted by molar-refractivity contribution is 0.225. The van der Waals surface area contributed by atoms with E-state index in [1.165, 1.54) is 31.4 Å². The van der Waals surface area contributed by atoms with Gasteiger partial charge in [0.25, 0.3) is 0 Å². The van der Waals surface area contributed by atoms with E-state index in [0.29, 0.717) is 17.4 Å². The number of benzene rings is 1. The topological polar surface area (TPSA) is 0 Å². The second-order valence-corrected chi connectivity index (χ2v) is 7.48. The molecule has 0 aromatic heterocycles. The Hall–Kier alpha value is -0.990. The van der Waals surface area contributed by atoms with Crippen molar-refractivity contribution in [3.8, 4) is 0 Å². The van der Waals surface area contributed by atoms with Gasteiger partial charge in [-0.2, -0.15) is 0 Å². The number of hydrogen-bond donors (Lipinski definition) is 0. The highest BCUT2D eigenvalue weighted by atomic mass is 19.2. The molecule has 2 rings (SSSR count). The molecule has 1 aromatic rings. The Morgan fingerprint density at radius 2 is 1.52 bits per heavy atom. The SMILES string of the molecule is CCC(C)CCC(C)C1CCC(c2cc(F)c(F)c(F)c2)CC1. The van der Waals surface area contributed by atoms with Crippen molar-refractivity contribution in [3.63, 3.8) is 0 Å². The number of rotatable bonds is 6. The van der Waals surface area contributed by atoms with Crippen LogP contribution in [0.5, 0.6) is 0 Å². The molecule has 0 spiro atoms. The van der Waals surface area contributed by atoms with E-state index in [0.717, 1.165) is 31.6 Å². The van der Waals surface area contributed by atoms with Gasteiger partial charge in [-0.15, -0.1) is 0 Å². The van der Waals surface area contributed by atoms with Crippen LogP contribution in [-0.2, 0) is 0 Å². The highest BCUT2D eigenvalue weighted by Gasteiger charge is 2.27. The summed E-state index contributed by atoms with van der Waals surface area (Å²) >= 11 is 0. The Morgan fingerprint density at radius 1 is 0.957 bits per heavy atom. The molecule has 0 radical (unpaired) electrons. The Labute approximate surface area is 138 Å². The van der Waals surface area contributed by atoms with Crippen LogP contribution in [0.15, 0.2) is 12.1 Å². The minimum absolute atomic E-state index is 0.164. The molecule has 1 aromatic carbocycles. The Bertz CT molecular complexity index is 481. The quantitative estimate of drug-likeness (QED) is 0.502. The van der Waals surface area contributed by atoms with Gasteiger partial charge in [0.1, 0.15) is 0 Å².